The van der Waals surface area contributed by atoms with Crippen molar-refractivity contribution in [2.45, 2.75) is 453 Å². The van der Waals surface area contributed by atoms with Gasteiger partial charge in [0.15, 0.2) is 0 Å². The molecule has 122 heavy (non-hydrogen) atoms. The number of pyridine rings is 4. The molecule has 21 heterocycles. The Morgan fingerprint density at radius 3 is 0.516 bits per heavy atom. The van der Waals surface area contributed by atoms with Crippen LogP contribution in [0.2, 0.25) is 0 Å². The second-order valence-corrected chi connectivity index (χ2v) is 46.4. The van der Waals surface area contributed by atoms with Crippen molar-refractivity contribution in [3.8, 4) is 0 Å². The van der Waals surface area contributed by atoms with Gasteiger partial charge in [0.1, 0.15) is 0 Å². The third-order valence-corrected chi connectivity index (χ3v) is 40.8. The largest absolute Gasteiger partial charge is 0.375 e. The molecule has 24 unspecified atom stereocenters. The van der Waals surface area contributed by atoms with Gasteiger partial charge in [0, 0.05) is 170 Å². The summed E-state index contributed by atoms with van der Waals surface area (Å²) in [6, 6.07) is 27.5. The van der Waals surface area contributed by atoms with Crippen molar-refractivity contribution in [2.75, 3.05) is 0 Å². The monoisotopic (exact) mass is 1660 g/mol. The Morgan fingerprint density at radius 2 is 0.336 bits per heavy atom. The highest BCUT2D eigenvalue weighted by Gasteiger charge is 2.57. The van der Waals surface area contributed by atoms with Crippen molar-refractivity contribution in [3.05, 3.63) is 120 Å². The van der Waals surface area contributed by atoms with Crippen molar-refractivity contribution in [3.63, 3.8) is 0 Å². The van der Waals surface area contributed by atoms with E-state index in [0.717, 1.165) is 71.0 Å². The van der Waals surface area contributed by atoms with E-state index in [2.05, 4.69) is 98.1 Å². The molecule has 17 saturated heterocycles. The summed E-state index contributed by atoms with van der Waals surface area (Å²) in [4.78, 5) is 18.8. The standard InChI is InChI=1S/C108H160N12O2/c1-5-73-61-77(9-1)105-93-37-29-85(113-93)101(69-45-53-109-54-46-69)87-31-39-95(115-87)106(96-40-32-88(116-96)102(70-47-55-110-56-48-70)86-30-38-94(105)114-86)78-10-3-7-75(63-78)67-17-25-83(26-18-67)122-84-27-19-68(20-28-84)76-8-4-12-80(64-76)108-99-43-35-91(119-99)103(71-49-57-111-58-50-71)89-33-41-97(117-89)107(98-42-34-90(118-98)104(72-51-59-112-60-52-72)92-36-44-100(108)120-92)79-11-2-6-74(62-79)66-15-23-82(24-16-66)121-81-21-13-65(73)14-22-81/h45-60,65-68,73-108,113-120H,1-44,61-64H2. The number of aromatic nitrogens is 4. The molecule has 664 valence electrons. The molecule has 14 nitrogen and oxygen atoms in total. The highest BCUT2D eigenvalue weighted by molar-refractivity contribution is 5.30. The predicted molar refractivity (Wildman–Crippen MR) is 488 cm³/mol. The second kappa shape index (κ2) is 37.2. The predicted octanol–water partition coefficient (Wildman–Crippen LogP) is 19.7. The summed E-state index contributed by atoms with van der Waals surface area (Å²) in [6.45, 7) is 0. The van der Waals surface area contributed by atoms with Gasteiger partial charge in [-0.2, -0.15) is 0 Å². The maximum Gasteiger partial charge on any atom is 0.0579 e. The number of fused-ring (bicyclic) bond motifs is 8. The molecular weight excluding hydrogens is 1500 g/mol. The van der Waals surface area contributed by atoms with Crippen molar-refractivity contribution >= 4 is 0 Å². The third-order valence-electron chi connectivity index (χ3n) is 40.8. The van der Waals surface area contributed by atoms with Gasteiger partial charge in [0.25, 0.3) is 0 Å². The summed E-state index contributed by atoms with van der Waals surface area (Å²) in [6.07, 6.45) is 83.6. The van der Waals surface area contributed by atoms with E-state index in [1.54, 1.807) is 0 Å². The van der Waals surface area contributed by atoms with Crippen molar-refractivity contribution < 1.29 is 9.47 Å². The fourth-order valence-corrected chi connectivity index (χ4v) is 35.7. The van der Waals surface area contributed by atoms with E-state index in [9.17, 15) is 0 Å². The Bertz CT molecular complexity index is 3370. The highest BCUT2D eigenvalue weighted by atomic mass is 16.5. The molecule has 0 radical (unpaired) electrons. The topological polar surface area (TPSA) is 166 Å². The first-order valence-corrected chi connectivity index (χ1v) is 53.4. The highest BCUT2D eigenvalue weighted by Crippen LogP contribution is 2.57. The number of nitrogens with zero attached hydrogens (tertiary/aromatic N) is 4. The molecule has 0 amide bonds. The van der Waals surface area contributed by atoms with Crippen molar-refractivity contribution in [2.24, 2.45) is 94.7 Å². The van der Waals surface area contributed by atoms with Crippen LogP contribution in [0.3, 0.4) is 0 Å². The van der Waals surface area contributed by atoms with Crippen LogP contribution < -0.4 is 42.5 Å². The van der Waals surface area contributed by atoms with Gasteiger partial charge in [0.05, 0.1) is 24.4 Å². The first-order chi connectivity index (χ1) is 60.4. The number of hydrogen-bond acceptors (Lipinski definition) is 14. The number of rotatable bonds is 4. The smallest absolute Gasteiger partial charge is 0.0579 e. The van der Waals surface area contributed by atoms with E-state index in [1.807, 2.05) is 0 Å². The Morgan fingerprint density at radius 1 is 0.172 bits per heavy atom. The molecular formula is C108H160N12O2. The quantitative estimate of drug-likeness (QED) is 0.0973. The molecule has 0 spiro atoms. The average Bonchev–Trinajstić information content (AvgIpc) is 1.60. The zero-order valence-electron chi connectivity index (χ0n) is 74.9. The lowest BCUT2D eigenvalue weighted by atomic mass is 9.64. The second-order valence-electron chi connectivity index (χ2n) is 46.4. The van der Waals surface area contributed by atoms with Crippen LogP contribution in [-0.4, -0.2) is 141 Å². The Hall–Kier alpha value is -3.80. The molecule has 17 aliphatic heterocycles. The Kier molecular flexibility index (Phi) is 25.2. The molecule has 24 atom stereocenters. The first kappa shape index (κ1) is 82.6. The van der Waals surface area contributed by atoms with Crippen LogP contribution in [0.25, 0.3) is 0 Å². The van der Waals surface area contributed by atoms with Crippen LogP contribution in [-0.2, 0) is 9.47 Å². The molecule has 36 bridgehead atoms. The van der Waals surface area contributed by atoms with Gasteiger partial charge < -0.3 is 52.0 Å². The molecule has 25 aliphatic rings. The molecule has 4 aromatic heterocycles. The molecule has 25 fully saturated rings. The Labute approximate surface area is 735 Å². The molecule has 8 N–H and O–H groups in total. The number of ether oxygens (including phenoxy) is 2. The maximum absolute atomic E-state index is 7.45. The van der Waals surface area contributed by atoms with E-state index in [0.29, 0.717) is 168 Å². The summed E-state index contributed by atoms with van der Waals surface area (Å²) >= 11 is 0. The van der Waals surface area contributed by atoms with Crippen LogP contribution >= 0.6 is 0 Å². The van der Waals surface area contributed by atoms with Crippen LogP contribution in [0.1, 0.15) is 354 Å². The normalized spacial score (nSPS) is 48.7. The van der Waals surface area contributed by atoms with Gasteiger partial charge in [-0.25, -0.2) is 0 Å². The van der Waals surface area contributed by atoms with E-state index < -0.39 is 0 Å². The van der Waals surface area contributed by atoms with E-state index in [4.69, 9.17) is 71.9 Å². The SMILES string of the molecule is c1cc(C2C3CCC(N3)C3C4CCCC(C4)C4CCC(CC4)OC4CCC(CC4)C4CCCC(C4)C4C5CCC(N5)C(c5ccncc5)C5CCC(N5)C(C5CCCC(C5)C5CCC(CC5)OC5CCC(CC5)C5CCCC(C5)C(C5CCC2N5)C2CCC(N2)C(c2ccncc2)C2CCC3N2)C2CCC(N2)C(c2ccncc2)C2CCC4N2)ccn1. The zero-order valence-corrected chi connectivity index (χ0v) is 74.9. The summed E-state index contributed by atoms with van der Waals surface area (Å²) in [5.41, 5.74) is 6.09. The molecule has 29 rings (SSSR count). The molecule has 4 aromatic rings. The minimum absolute atomic E-state index is 0.449. The lowest BCUT2D eigenvalue weighted by Gasteiger charge is -2.46. The fourth-order valence-electron chi connectivity index (χ4n) is 35.7. The van der Waals surface area contributed by atoms with Crippen molar-refractivity contribution in [1.29, 1.82) is 0 Å². The Balaban J connectivity index is 0.533. The maximum atomic E-state index is 7.45. The summed E-state index contributed by atoms with van der Waals surface area (Å²) in [7, 11) is 0. The van der Waals surface area contributed by atoms with Crippen LogP contribution in [0, 0.1) is 94.7 Å². The van der Waals surface area contributed by atoms with Gasteiger partial charge in [-0.1, -0.05) is 77.0 Å². The third kappa shape index (κ3) is 17.1. The van der Waals surface area contributed by atoms with Gasteiger partial charge in [-0.15, -0.1) is 0 Å². The van der Waals surface area contributed by atoms with Gasteiger partial charge in [0.2, 0.25) is 0 Å². The molecule has 8 aliphatic carbocycles. The minimum atomic E-state index is 0.449. The number of hydrogen-bond donors (Lipinski definition) is 8. The fraction of sp³-hybridized carbons (Fsp3) is 0.815. The van der Waals surface area contributed by atoms with E-state index >= 15 is 0 Å². The van der Waals surface area contributed by atoms with Gasteiger partial charge >= 0.3 is 0 Å². The van der Waals surface area contributed by atoms with Crippen molar-refractivity contribution in [1.82, 2.24) is 62.5 Å². The lowest BCUT2D eigenvalue weighted by Crippen LogP contribution is -2.55. The summed E-state index contributed by atoms with van der Waals surface area (Å²) in [5.74, 6) is 14.2. The number of nitrogens with one attached hydrogen (secondary N) is 8. The van der Waals surface area contributed by atoms with Crippen LogP contribution in [0.4, 0.5) is 0 Å². The van der Waals surface area contributed by atoms with E-state index in [1.165, 1.54) is 330 Å². The van der Waals surface area contributed by atoms with E-state index in [-0.39, 0.29) is 0 Å². The lowest BCUT2D eigenvalue weighted by molar-refractivity contribution is -0.0665. The molecule has 14 heteroatoms. The summed E-state index contributed by atoms with van der Waals surface area (Å²) in [5, 5.41) is 37.8. The zero-order chi connectivity index (χ0) is 80.6. The van der Waals surface area contributed by atoms with Gasteiger partial charge in [-0.3, -0.25) is 19.9 Å². The summed E-state index contributed by atoms with van der Waals surface area (Å²) < 4.78 is 14.9. The first-order valence-electron chi connectivity index (χ1n) is 53.4. The van der Waals surface area contributed by atoms with Crippen LogP contribution in [0.15, 0.2) is 98.1 Å². The molecule has 0 aromatic carbocycles. The molecule has 8 saturated carbocycles. The van der Waals surface area contributed by atoms with Crippen LogP contribution in [0.5, 0.6) is 0 Å². The average molecular weight is 1660 g/mol. The minimum Gasteiger partial charge on any atom is -0.375 e. The van der Waals surface area contributed by atoms with Gasteiger partial charge in [-0.05, 0) is 397 Å².